The van der Waals surface area contributed by atoms with Crippen molar-refractivity contribution in [3.63, 3.8) is 0 Å². The number of hydrazone groups is 1. The van der Waals surface area contributed by atoms with E-state index in [2.05, 4.69) is 22.7 Å². The van der Waals surface area contributed by atoms with Crippen molar-refractivity contribution in [2.24, 2.45) is 5.10 Å². The largest absolute Gasteiger partial charge is 0.493 e. The fourth-order valence-electron chi connectivity index (χ4n) is 3.73. The van der Waals surface area contributed by atoms with Gasteiger partial charge in [-0.2, -0.15) is 5.10 Å². The molecule has 0 fully saturated rings. The van der Waals surface area contributed by atoms with Crippen molar-refractivity contribution in [2.75, 3.05) is 13.7 Å². The molecule has 4 rings (SSSR count). The summed E-state index contributed by atoms with van der Waals surface area (Å²) in [4.78, 5) is 12.7. The Morgan fingerprint density at radius 2 is 1.44 bits per heavy atom. The van der Waals surface area contributed by atoms with Gasteiger partial charge in [0.1, 0.15) is 13.2 Å². The number of amides is 1. The smallest absolute Gasteiger partial charge is 0.271 e. The summed E-state index contributed by atoms with van der Waals surface area (Å²) >= 11 is 0. The van der Waals surface area contributed by atoms with Crippen molar-refractivity contribution in [3.8, 4) is 23.0 Å². The summed E-state index contributed by atoms with van der Waals surface area (Å²) in [5.41, 5.74) is 7.02. The number of hydrogen-bond acceptors (Lipinski definition) is 6. The molecule has 39 heavy (non-hydrogen) atoms. The third-order valence-corrected chi connectivity index (χ3v) is 5.83. The van der Waals surface area contributed by atoms with Crippen molar-refractivity contribution < 1.29 is 23.7 Å². The summed E-state index contributed by atoms with van der Waals surface area (Å²) in [5, 5.41) is 4.11. The maximum atomic E-state index is 12.7. The number of rotatable bonds is 12. The van der Waals surface area contributed by atoms with E-state index in [1.807, 2.05) is 68.4 Å². The lowest BCUT2D eigenvalue weighted by molar-refractivity contribution is 0.0954. The van der Waals surface area contributed by atoms with Crippen LogP contribution in [0.5, 0.6) is 23.0 Å². The molecule has 0 aromatic heterocycles. The third kappa shape index (κ3) is 7.85. The standard InChI is InChI=1S/C32H32N2O5/c1-4-37-31-19-27(15-17-29(31)39-21-24-8-6-5-7-9-24)32(35)34-33-20-26-14-16-28(30(18-26)36-3)38-22-25-12-10-23(2)11-13-25/h5-20H,4,21-22H2,1-3H3,(H,34,35)/b33-20+. The molecule has 0 aliphatic rings. The van der Waals surface area contributed by atoms with E-state index in [0.29, 0.717) is 48.4 Å². The van der Waals surface area contributed by atoms with Crippen LogP contribution in [0.2, 0.25) is 0 Å². The normalized spacial score (nSPS) is 10.7. The van der Waals surface area contributed by atoms with E-state index in [1.165, 1.54) is 5.56 Å². The summed E-state index contributed by atoms with van der Waals surface area (Å²) < 4.78 is 23.0. The van der Waals surface area contributed by atoms with Gasteiger partial charge in [0.15, 0.2) is 23.0 Å². The number of carbonyl (C=O) groups is 1. The molecule has 1 N–H and O–H groups in total. The highest BCUT2D eigenvalue weighted by Crippen LogP contribution is 2.30. The Hall–Kier alpha value is -4.78. The summed E-state index contributed by atoms with van der Waals surface area (Å²) in [6.45, 7) is 5.20. The molecule has 7 heteroatoms. The van der Waals surface area contributed by atoms with Crippen LogP contribution < -0.4 is 24.4 Å². The number of nitrogens with zero attached hydrogens (tertiary/aromatic N) is 1. The van der Waals surface area contributed by atoms with Crippen LogP contribution in [0.3, 0.4) is 0 Å². The second-order valence-corrected chi connectivity index (χ2v) is 8.75. The average molecular weight is 525 g/mol. The predicted octanol–water partition coefficient (Wildman–Crippen LogP) is 6.32. The molecule has 0 atom stereocenters. The number of hydrogen-bond donors (Lipinski definition) is 1. The van der Waals surface area contributed by atoms with E-state index in [1.54, 1.807) is 37.6 Å². The van der Waals surface area contributed by atoms with Gasteiger partial charge < -0.3 is 18.9 Å². The first-order valence-corrected chi connectivity index (χ1v) is 12.7. The lowest BCUT2D eigenvalue weighted by Gasteiger charge is -2.13. The van der Waals surface area contributed by atoms with Gasteiger partial charge in [0.2, 0.25) is 0 Å². The molecule has 200 valence electrons. The van der Waals surface area contributed by atoms with Crippen LogP contribution in [0, 0.1) is 6.92 Å². The molecule has 0 aliphatic heterocycles. The van der Waals surface area contributed by atoms with E-state index in [4.69, 9.17) is 18.9 Å². The lowest BCUT2D eigenvalue weighted by Crippen LogP contribution is -2.17. The van der Waals surface area contributed by atoms with Crippen LogP contribution in [0.1, 0.15) is 39.5 Å². The fraction of sp³-hybridized carbons (Fsp3) is 0.188. The van der Waals surface area contributed by atoms with Gasteiger partial charge in [-0.25, -0.2) is 5.43 Å². The average Bonchev–Trinajstić information content (AvgIpc) is 2.97. The molecular weight excluding hydrogens is 492 g/mol. The van der Waals surface area contributed by atoms with E-state index >= 15 is 0 Å². The highest BCUT2D eigenvalue weighted by Gasteiger charge is 2.12. The van der Waals surface area contributed by atoms with Gasteiger partial charge in [-0.05, 0) is 66.9 Å². The number of benzene rings is 4. The van der Waals surface area contributed by atoms with Crippen molar-refractivity contribution in [3.05, 3.63) is 119 Å². The van der Waals surface area contributed by atoms with E-state index in [0.717, 1.165) is 16.7 Å². The lowest BCUT2D eigenvalue weighted by atomic mass is 10.2. The van der Waals surface area contributed by atoms with E-state index in [9.17, 15) is 4.79 Å². The molecule has 0 bridgehead atoms. The zero-order valence-corrected chi connectivity index (χ0v) is 22.3. The SMILES string of the molecule is CCOc1cc(C(=O)N/N=C/c2ccc(OCc3ccc(C)cc3)c(OC)c2)ccc1OCc1ccccc1. The maximum Gasteiger partial charge on any atom is 0.271 e. The second kappa shape index (κ2) is 13.7. The van der Waals surface area contributed by atoms with Crippen LogP contribution >= 0.6 is 0 Å². The minimum Gasteiger partial charge on any atom is -0.493 e. The number of aryl methyl sites for hydroxylation is 1. The van der Waals surface area contributed by atoms with Crippen LogP contribution in [-0.4, -0.2) is 25.8 Å². The third-order valence-electron chi connectivity index (χ3n) is 5.83. The summed E-state index contributed by atoms with van der Waals surface area (Å²) in [7, 11) is 1.58. The van der Waals surface area contributed by atoms with Crippen LogP contribution in [-0.2, 0) is 13.2 Å². The van der Waals surface area contributed by atoms with Gasteiger partial charge >= 0.3 is 0 Å². The molecule has 4 aromatic rings. The maximum absolute atomic E-state index is 12.7. The predicted molar refractivity (Wildman–Crippen MR) is 152 cm³/mol. The molecule has 0 heterocycles. The van der Waals surface area contributed by atoms with Crippen molar-refractivity contribution in [1.82, 2.24) is 5.43 Å². The number of nitrogens with one attached hydrogen (secondary N) is 1. The van der Waals surface area contributed by atoms with Crippen LogP contribution in [0.4, 0.5) is 0 Å². The zero-order chi connectivity index (χ0) is 27.5. The molecule has 7 nitrogen and oxygen atoms in total. The van der Waals surface area contributed by atoms with Crippen molar-refractivity contribution in [2.45, 2.75) is 27.1 Å². The quantitative estimate of drug-likeness (QED) is 0.173. The Morgan fingerprint density at radius 3 is 2.13 bits per heavy atom. The first-order valence-electron chi connectivity index (χ1n) is 12.7. The Labute approximate surface area is 229 Å². The molecule has 4 aromatic carbocycles. The number of methoxy groups -OCH3 is 1. The Kier molecular flexibility index (Phi) is 9.56. The summed E-state index contributed by atoms with van der Waals surface area (Å²) in [6.07, 6.45) is 1.55. The summed E-state index contributed by atoms with van der Waals surface area (Å²) in [6, 6.07) is 28.5. The Morgan fingerprint density at radius 1 is 0.769 bits per heavy atom. The monoisotopic (exact) mass is 524 g/mol. The van der Waals surface area contributed by atoms with Gasteiger partial charge in [-0.3, -0.25) is 4.79 Å². The zero-order valence-electron chi connectivity index (χ0n) is 22.3. The first kappa shape index (κ1) is 27.3. The molecule has 0 spiro atoms. The molecule has 0 saturated heterocycles. The second-order valence-electron chi connectivity index (χ2n) is 8.75. The van der Waals surface area contributed by atoms with Crippen molar-refractivity contribution >= 4 is 12.1 Å². The van der Waals surface area contributed by atoms with Gasteiger partial charge in [-0.15, -0.1) is 0 Å². The van der Waals surface area contributed by atoms with Crippen LogP contribution in [0.25, 0.3) is 0 Å². The topological polar surface area (TPSA) is 78.4 Å². The van der Waals surface area contributed by atoms with E-state index in [-0.39, 0.29) is 5.91 Å². The number of ether oxygens (including phenoxy) is 4. The van der Waals surface area contributed by atoms with Gasteiger partial charge in [0, 0.05) is 5.56 Å². The molecule has 0 radical (unpaired) electrons. The Bertz CT molecular complexity index is 1400. The minimum atomic E-state index is -0.369. The molecule has 0 aliphatic carbocycles. The molecule has 0 unspecified atom stereocenters. The van der Waals surface area contributed by atoms with Gasteiger partial charge in [-0.1, -0.05) is 60.2 Å². The van der Waals surface area contributed by atoms with Crippen LogP contribution in [0.15, 0.2) is 96.1 Å². The van der Waals surface area contributed by atoms with Gasteiger partial charge in [0.05, 0.1) is 19.9 Å². The highest BCUT2D eigenvalue weighted by molar-refractivity contribution is 5.95. The molecule has 1 amide bonds. The molecule has 0 saturated carbocycles. The first-order chi connectivity index (χ1) is 19.1. The Balaban J connectivity index is 1.36. The number of carbonyl (C=O) groups excluding carboxylic acids is 1. The minimum absolute atomic E-state index is 0.369. The van der Waals surface area contributed by atoms with E-state index < -0.39 is 0 Å². The molecular formula is C32H32N2O5. The highest BCUT2D eigenvalue weighted by atomic mass is 16.5. The van der Waals surface area contributed by atoms with Gasteiger partial charge in [0.25, 0.3) is 5.91 Å². The van der Waals surface area contributed by atoms with Crippen molar-refractivity contribution in [1.29, 1.82) is 0 Å². The summed E-state index contributed by atoms with van der Waals surface area (Å²) in [5.74, 6) is 1.89. The fourth-order valence-corrected chi connectivity index (χ4v) is 3.73.